The van der Waals surface area contributed by atoms with Crippen LogP contribution in [0, 0.1) is 0 Å². The van der Waals surface area contributed by atoms with E-state index in [1.165, 1.54) is 0 Å². The van der Waals surface area contributed by atoms with Gasteiger partial charge in [0.05, 0.1) is 18.9 Å². The Kier molecular flexibility index (Phi) is 4.62. The number of benzene rings is 3. The van der Waals surface area contributed by atoms with Crippen LogP contribution >= 0.6 is 0 Å². The Labute approximate surface area is 157 Å². The molecule has 3 aromatic carbocycles. The summed E-state index contributed by atoms with van der Waals surface area (Å²) in [6, 6.07) is 23.5. The molecule has 0 radical (unpaired) electrons. The lowest BCUT2D eigenvalue weighted by atomic mass is 10.0. The first-order valence-corrected chi connectivity index (χ1v) is 8.75. The SMILES string of the molecule is COc1ccccc1-c1cc[n+](CC(=O)c2ccc3ccccc3c2)cn1. The van der Waals surface area contributed by atoms with Crippen molar-refractivity contribution in [1.29, 1.82) is 0 Å². The van der Waals surface area contributed by atoms with E-state index in [4.69, 9.17) is 4.74 Å². The molecule has 0 spiro atoms. The third kappa shape index (κ3) is 3.55. The number of hydrogen-bond donors (Lipinski definition) is 0. The number of carbonyl (C=O) groups excluding carboxylic acids is 1. The van der Waals surface area contributed by atoms with Gasteiger partial charge >= 0.3 is 0 Å². The van der Waals surface area contributed by atoms with E-state index in [2.05, 4.69) is 4.98 Å². The summed E-state index contributed by atoms with van der Waals surface area (Å²) in [5, 5.41) is 2.20. The highest BCUT2D eigenvalue weighted by atomic mass is 16.5. The number of methoxy groups -OCH3 is 1. The zero-order chi connectivity index (χ0) is 18.6. The fourth-order valence-corrected chi connectivity index (χ4v) is 3.11. The molecule has 0 unspecified atom stereocenters. The van der Waals surface area contributed by atoms with Gasteiger partial charge in [-0.05, 0) is 34.0 Å². The van der Waals surface area contributed by atoms with E-state index < -0.39 is 0 Å². The Balaban J connectivity index is 1.54. The summed E-state index contributed by atoms with van der Waals surface area (Å²) in [5.41, 5.74) is 2.44. The molecule has 1 aromatic heterocycles. The number of fused-ring (bicyclic) bond motifs is 1. The van der Waals surface area contributed by atoms with Crippen LogP contribution in [0.3, 0.4) is 0 Å². The van der Waals surface area contributed by atoms with Crippen LogP contribution in [0.4, 0.5) is 0 Å². The molecule has 132 valence electrons. The number of rotatable bonds is 5. The third-order valence-electron chi connectivity index (χ3n) is 4.55. The predicted octanol–water partition coefficient (Wildman–Crippen LogP) is 4.08. The van der Waals surface area contributed by atoms with Crippen molar-refractivity contribution in [2.45, 2.75) is 6.54 Å². The molecule has 4 nitrogen and oxygen atoms in total. The number of hydrogen-bond acceptors (Lipinski definition) is 3. The molecule has 0 aliphatic carbocycles. The first-order valence-electron chi connectivity index (χ1n) is 8.75. The number of aromatic nitrogens is 2. The van der Waals surface area contributed by atoms with Crippen molar-refractivity contribution < 1.29 is 14.1 Å². The monoisotopic (exact) mass is 355 g/mol. The molecule has 27 heavy (non-hydrogen) atoms. The Morgan fingerprint density at radius 3 is 2.52 bits per heavy atom. The van der Waals surface area contributed by atoms with Crippen LogP contribution in [0.25, 0.3) is 22.0 Å². The van der Waals surface area contributed by atoms with Gasteiger partial charge in [-0.25, -0.2) is 4.57 Å². The number of nitrogens with zero attached hydrogens (tertiary/aromatic N) is 2. The Hall–Kier alpha value is -3.53. The fraction of sp³-hybridized carbons (Fsp3) is 0.0870. The Bertz CT molecular complexity index is 1100. The van der Waals surface area contributed by atoms with Gasteiger partial charge in [0.25, 0.3) is 6.33 Å². The molecule has 0 aliphatic heterocycles. The van der Waals surface area contributed by atoms with Crippen molar-refractivity contribution in [2.24, 2.45) is 0 Å². The molecule has 0 saturated heterocycles. The van der Waals surface area contributed by atoms with Crippen LogP contribution in [0.15, 0.2) is 85.3 Å². The minimum atomic E-state index is 0.0533. The van der Waals surface area contributed by atoms with Gasteiger partial charge in [0.2, 0.25) is 5.78 Å². The summed E-state index contributed by atoms with van der Waals surface area (Å²) in [6.45, 7) is 0.248. The molecule has 0 atom stereocenters. The zero-order valence-electron chi connectivity index (χ0n) is 15.0. The molecule has 0 aliphatic rings. The van der Waals surface area contributed by atoms with Crippen LogP contribution < -0.4 is 9.30 Å². The number of ketones is 1. The van der Waals surface area contributed by atoms with Gasteiger partial charge in [0.15, 0.2) is 12.2 Å². The minimum Gasteiger partial charge on any atom is -0.496 e. The third-order valence-corrected chi connectivity index (χ3v) is 4.55. The smallest absolute Gasteiger partial charge is 0.287 e. The van der Waals surface area contributed by atoms with Crippen molar-refractivity contribution in [2.75, 3.05) is 7.11 Å². The molecule has 0 fully saturated rings. The van der Waals surface area contributed by atoms with Gasteiger partial charge < -0.3 is 4.74 Å². The normalized spacial score (nSPS) is 10.7. The van der Waals surface area contributed by atoms with E-state index in [1.54, 1.807) is 18.0 Å². The molecule has 0 bridgehead atoms. The number of para-hydroxylation sites is 1. The summed E-state index contributed by atoms with van der Waals surface area (Å²) in [6.07, 6.45) is 3.55. The second-order valence-electron chi connectivity index (χ2n) is 6.30. The lowest BCUT2D eigenvalue weighted by Gasteiger charge is -2.05. The molecule has 0 saturated carbocycles. The highest BCUT2D eigenvalue weighted by Crippen LogP contribution is 2.27. The van der Waals surface area contributed by atoms with Gasteiger partial charge in [0, 0.05) is 11.6 Å². The largest absolute Gasteiger partial charge is 0.496 e. The van der Waals surface area contributed by atoms with E-state index in [1.807, 2.05) is 79.0 Å². The van der Waals surface area contributed by atoms with E-state index in [0.29, 0.717) is 5.56 Å². The average molecular weight is 355 g/mol. The van der Waals surface area contributed by atoms with Crippen molar-refractivity contribution in [3.8, 4) is 17.0 Å². The lowest BCUT2D eigenvalue weighted by Crippen LogP contribution is -2.37. The fourth-order valence-electron chi connectivity index (χ4n) is 3.11. The molecule has 1 heterocycles. The van der Waals surface area contributed by atoms with E-state index >= 15 is 0 Å². The molecule has 0 N–H and O–H groups in total. The molecule has 4 rings (SSSR count). The first-order chi connectivity index (χ1) is 13.2. The Morgan fingerprint density at radius 2 is 1.74 bits per heavy atom. The second-order valence-corrected chi connectivity index (χ2v) is 6.30. The van der Waals surface area contributed by atoms with Gasteiger partial charge in [-0.15, -0.1) is 0 Å². The molecular weight excluding hydrogens is 336 g/mol. The summed E-state index contributed by atoms with van der Waals surface area (Å²) >= 11 is 0. The van der Waals surface area contributed by atoms with Crippen LogP contribution in [0.2, 0.25) is 0 Å². The van der Waals surface area contributed by atoms with Gasteiger partial charge in [0.1, 0.15) is 5.75 Å². The quantitative estimate of drug-likeness (QED) is 0.400. The van der Waals surface area contributed by atoms with Crippen LogP contribution in [-0.2, 0) is 6.54 Å². The van der Waals surface area contributed by atoms with Crippen molar-refractivity contribution in [3.63, 3.8) is 0 Å². The van der Waals surface area contributed by atoms with Crippen LogP contribution in [-0.4, -0.2) is 17.9 Å². The minimum absolute atomic E-state index is 0.0533. The summed E-state index contributed by atoms with van der Waals surface area (Å²) in [5.74, 6) is 0.826. The standard InChI is InChI=1S/C23H19N2O2/c1-27-23-9-5-4-8-20(23)21-12-13-25(16-24-21)15-22(26)19-11-10-17-6-2-3-7-18(17)14-19/h2-14,16H,15H2,1H3/q+1. The van der Waals surface area contributed by atoms with Crippen LogP contribution in [0.5, 0.6) is 5.75 Å². The maximum atomic E-state index is 12.6. The van der Waals surface area contributed by atoms with Crippen molar-refractivity contribution >= 4 is 16.6 Å². The maximum absolute atomic E-state index is 12.6. The van der Waals surface area contributed by atoms with Crippen LogP contribution in [0.1, 0.15) is 10.4 Å². The highest BCUT2D eigenvalue weighted by Gasteiger charge is 2.14. The lowest BCUT2D eigenvalue weighted by molar-refractivity contribution is -0.686. The molecule has 4 aromatic rings. The topological polar surface area (TPSA) is 43.1 Å². The highest BCUT2D eigenvalue weighted by molar-refractivity contribution is 5.99. The van der Waals surface area contributed by atoms with E-state index in [9.17, 15) is 4.79 Å². The second kappa shape index (κ2) is 7.38. The predicted molar refractivity (Wildman–Crippen MR) is 105 cm³/mol. The number of carbonyl (C=O) groups is 1. The molecule has 0 amide bonds. The van der Waals surface area contributed by atoms with E-state index in [0.717, 1.165) is 27.8 Å². The number of ether oxygens (including phenoxy) is 1. The summed E-state index contributed by atoms with van der Waals surface area (Å²) in [4.78, 5) is 17.1. The van der Waals surface area contributed by atoms with Crippen molar-refractivity contribution in [1.82, 2.24) is 4.98 Å². The van der Waals surface area contributed by atoms with E-state index in [-0.39, 0.29) is 12.3 Å². The summed E-state index contributed by atoms with van der Waals surface area (Å²) in [7, 11) is 1.64. The molecule has 4 heteroatoms. The average Bonchev–Trinajstić information content (AvgIpc) is 2.74. The zero-order valence-corrected chi connectivity index (χ0v) is 15.0. The maximum Gasteiger partial charge on any atom is 0.287 e. The summed E-state index contributed by atoms with van der Waals surface area (Å²) < 4.78 is 7.17. The molecular formula is C23H19N2O2+. The van der Waals surface area contributed by atoms with Crippen molar-refractivity contribution in [3.05, 3.63) is 90.9 Å². The van der Waals surface area contributed by atoms with Gasteiger partial charge in [-0.2, -0.15) is 0 Å². The van der Waals surface area contributed by atoms with Gasteiger partial charge in [-0.3, -0.25) is 4.79 Å². The number of Topliss-reactive ketones (excluding diaryl/α,β-unsaturated/α-hetero) is 1. The van der Waals surface area contributed by atoms with Gasteiger partial charge in [-0.1, -0.05) is 48.5 Å². The Morgan fingerprint density at radius 1 is 0.963 bits per heavy atom. The first kappa shape index (κ1) is 16.9.